The predicted octanol–water partition coefficient (Wildman–Crippen LogP) is 3.57. The Bertz CT molecular complexity index is 743. The van der Waals surface area contributed by atoms with Crippen molar-refractivity contribution in [3.8, 4) is 5.82 Å². The van der Waals surface area contributed by atoms with Gasteiger partial charge in [-0.2, -0.15) is 5.10 Å². The van der Waals surface area contributed by atoms with Crippen LogP contribution in [0.5, 0.6) is 0 Å². The lowest BCUT2D eigenvalue weighted by molar-refractivity contribution is -0.122. The van der Waals surface area contributed by atoms with Gasteiger partial charge in [0, 0.05) is 11.2 Å². The predicted molar refractivity (Wildman–Crippen MR) is 109 cm³/mol. The third kappa shape index (κ3) is 4.75. The summed E-state index contributed by atoms with van der Waals surface area (Å²) in [5.41, 5.74) is 8.54. The number of nitrogens with two attached hydrogens (primary N) is 1. The third-order valence-corrected chi connectivity index (χ3v) is 4.81. The van der Waals surface area contributed by atoms with Crippen LogP contribution in [0.15, 0.2) is 24.4 Å². The number of nitrogens with zero attached hydrogens (tertiary/aromatic N) is 3. The zero-order valence-electron chi connectivity index (χ0n) is 15.4. The molecule has 0 saturated heterocycles. The Balaban J connectivity index is 0.00000169. The second-order valence-electron chi connectivity index (χ2n) is 7.04. The van der Waals surface area contributed by atoms with E-state index in [0.29, 0.717) is 5.69 Å². The van der Waals surface area contributed by atoms with Crippen LogP contribution in [0, 0.1) is 19.8 Å². The summed E-state index contributed by atoms with van der Waals surface area (Å²) in [6.45, 7) is 5.91. The largest absolute Gasteiger partial charge is 0.325 e. The molecule has 2 unspecified atom stereocenters. The maximum absolute atomic E-state index is 12.6. The number of hydrogen-bond acceptors (Lipinski definition) is 4. The number of halogens is 2. The van der Waals surface area contributed by atoms with E-state index in [1.165, 1.54) is 0 Å². The molecule has 0 aliphatic heterocycles. The first-order valence-electron chi connectivity index (χ1n) is 8.46. The van der Waals surface area contributed by atoms with Crippen LogP contribution in [-0.4, -0.2) is 26.2 Å². The molecule has 0 radical (unpaired) electrons. The van der Waals surface area contributed by atoms with Gasteiger partial charge in [0.05, 0.1) is 23.5 Å². The summed E-state index contributed by atoms with van der Waals surface area (Å²) in [5.74, 6) is 0.572. The van der Waals surface area contributed by atoms with E-state index in [0.717, 1.165) is 42.9 Å². The van der Waals surface area contributed by atoms with Crippen molar-refractivity contribution in [1.29, 1.82) is 0 Å². The molecule has 2 atom stereocenters. The summed E-state index contributed by atoms with van der Waals surface area (Å²) in [5, 5.41) is 7.37. The highest BCUT2D eigenvalue weighted by Gasteiger charge is 2.37. The standard InChI is InChI=1S/C18H25N5O.2ClH/c1-12-10-13(2)23(22-12)16-8-7-14(11-20-16)21-17(24)15-6-4-5-9-18(15,3)19;;/h7-8,10-11,15H,4-6,9,19H2,1-3H3,(H,21,24);2*1H. The molecule has 1 saturated carbocycles. The number of aryl methyl sites for hydroxylation is 2. The van der Waals surface area contributed by atoms with Crippen LogP contribution >= 0.6 is 24.8 Å². The molecule has 8 heteroatoms. The molecule has 3 rings (SSSR count). The Morgan fingerprint density at radius 2 is 2.04 bits per heavy atom. The fourth-order valence-corrected chi connectivity index (χ4v) is 3.46. The molecule has 6 nitrogen and oxygen atoms in total. The first-order chi connectivity index (χ1) is 11.4. The minimum absolute atomic E-state index is 0. The number of nitrogens with one attached hydrogen (secondary N) is 1. The van der Waals surface area contributed by atoms with Crippen LogP contribution in [0.2, 0.25) is 0 Å². The Hall–Kier alpha value is -1.63. The smallest absolute Gasteiger partial charge is 0.229 e. The maximum Gasteiger partial charge on any atom is 0.229 e. The third-order valence-electron chi connectivity index (χ3n) is 4.81. The lowest BCUT2D eigenvalue weighted by atomic mass is 9.74. The molecular weight excluding hydrogens is 373 g/mol. The fourth-order valence-electron chi connectivity index (χ4n) is 3.46. The molecule has 2 heterocycles. The molecular formula is C18H27Cl2N5O. The molecule has 2 aromatic heterocycles. The molecule has 0 spiro atoms. The normalized spacial score (nSPS) is 22.1. The molecule has 1 amide bonds. The Kier molecular flexibility index (Phi) is 7.62. The number of rotatable bonds is 3. The number of carbonyl (C=O) groups is 1. The molecule has 0 aromatic carbocycles. The molecule has 3 N–H and O–H groups in total. The Morgan fingerprint density at radius 1 is 1.31 bits per heavy atom. The number of hydrogen-bond donors (Lipinski definition) is 2. The van der Waals surface area contributed by atoms with E-state index < -0.39 is 5.54 Å². The number of pyridine rings is 1. The number of carbonyl (C=O) groups excluding carboxylic acids is 1. The van der Waals surface area contributed by atoms with Crippen LogP contribution in [0.1, 0.15) is 44.0 Å². The Labute approximate surface area is 166 Å². The number of aromatic nitrogens is 3. The summed E-state index contributed by atoms with van der Waals surface area (Å²) in [6, 6.07) is 5.72. The maximum atomic E-state index is 12.6. The SMILES string of the molecule is Cc1cc(C)n(-c2ccc(NC(=O)C3CCCCC3(C)N)cn2)n1.Cl.Cl. The van der Waals surface area contributed by atoms with Gasteiger partial charge in [-0.1, -0.05) is 12.8 Å². The number of anilines is 1. The van der Waals surface area contributed by atoms with Gasteiger partial charge in [-0.05, 0) is 51.8 Å². The topological polar surface area (TPSA) is 85.8 Å². The Morgan fingerprint density at radius 3 is 2.58 bits per heavy atom. The van der Waals surface area contributed by atoms with Crippen molar-refractivity contribution in [1.82, 2.24) is 14.8 Å². The minimum atomic E-state index is -0.431. The highest BCUT2D eigenvalue weighted by molar-refractivity contribution is 5.93. The van der Waals surface area contributed by atoms with Gasteiger partial charge in [0.1, 0.15) is 0 Å². The van der Waals surface area contributed by atoms with Crippen molar-refractivity contribution in [2.24, 2.45) is 11.7 Å². The van der Waals surface area contributed by atoms with E-state index in [9.17, 15) is 4.79 Å². The van der Waals surface area contributed by atoms with Gasteiger partial charge >= 0.3 is 0 Å². The van der Waals surface area contributed by atoms with E-state index in [1.807, 2.05) is 39.0 Å². The zero-order chi connectivity index (χ0) is 17.3. The van der Waals surface area contributed by atoms with Crippen LogP contribution in [0.25, 0.3) is 5.82 Å². The van der Waals surface area contributed by atoms with Crippen molar-refractivity contribution in [2.45, 2.75) is 52.0 Å². The van der Waals surface area contributed by atoms with Crippen molar-refractivity contribution >= 4 is 36.4 Å². The second kappa shape index (κ2) is 8.84. The van der Waals surface area contributed by atoms with Crippen molar-refractivity contribution in [3.63, 3.8) is 0 Å². The van der Waals surface area contributed by atoms with Gasteiger partial charge in [-0.25, -0.2) is 9.67 Å². The fraction of sp³-hybridized carbons (Fsp3) is 0.500. The van der Waals surface area contributed by atoms with Crippen LogP contribution in [0.3, 0.4) is 0 Å². The number of amides is 1. The molecule has 0 bridgehead atoms. The van der Waals surface area contributed by atoms with Crippen molar-refractivity contribution < 1.29 is 4.79 Å². The lowest BCUT2D eigenvalue weighted by Crippen LogP contribution is -2.51. The second-order valence-corrected chi connectivity index (χ2v) is 7.04. The van der Waals surface area contributed by atoms with Gasteiger partial charge in [-0.15, -0.1) is 24.8 Å². The molecule has 144 valence electrons. The average molecular weight is 400 g/mol. The molecule has 2 aromatic rings. The van der Waals surface area contributed by atoms with Crippen LogP contribution in [0.4, 0.5) is 5.69 Å². The van der Waals surface area contributed by atoms with Gasteiger partial charge in [0.15, 0.2) is 5.82 Å². The molecule has 1 aliphatic rings. The van der Waals surface area contributed by atoms with E-state index in [1.54, 1.807) is 10.9 Å². The molecule has 1 aliphatic carbocycles. The first kappa shape index (κ1) is 22.4. The van der Waals surface area contributed by atoms with E-state index in [2.05, 4.69) is 15.4 Å². The van der Waals surface area contributed by atoms with Gasteiger partial charge in [0.2, 0.25) is 5.91 Å². The summed E-state index contributed by atoms with van der Waals surface area (Å²) in [4.78, 5) is 17.0. The first-order valence-corrected chi connectivity index (χ1v) is 8.46. The molecule has 1 fully saturated rings. The summed E-state index contributed by atoms with van der Waals surface area (Å²) in [6.07, 6.45) is 5.55. The highest BCUT2D eigenvalue weighted by Crippen LogP contribution is 2.32. The van der Waals surface area contributed by atoms with E-state index >= 15 is 0 Å². The lowest BCUT2D eigenvalue weighted by Gasteiger charge is -2.37. The molecule has 26 heavy (non-hydrogen) atoms. The van der Waals surface area contributed by atoms with Crippen molar-refractivity contribution in [2.75, 3.05) is 5.32 Å². The summed E-state index contributed by atoms with van der Waals surface area (Å²) in [7, 11) is 0. The summed E-state index contributed by atoms with van der Waals surface area (Å²) >= 11 is 0. The highest BCUT2D eigenvalue weighted by atomic mass is 35.5. The monoisotopic (exact) mass is 399 g/mol. The van der Waals surface area contributed by atoms with Crippen LogP contribution in [-0.2, 0) is 4.79 Å². The van der Waals surface area contributed by atoms with Crippen molar-refractivity contribution in [3.05, 3.63) is 35.8 Å². The van der Waals surface area contributed by atoms with Gasteiger partial charge in [-0.3, -0.25) is 4.79 Å². The quantitative estimate of drug-likeness (QED) is 0.825. The zero-order valence-corrected chi connectivity index (χ0v) is 17.0. The van der Waals surface area contributed by atoms with Gasteiger partial charge < -0.3 is 11.1 Å². The van der Waals surface area contributed by atoms with Gasteiger partial charge in [0.25, 0.3) is 0 Å². The summed E-state index contributed by atoms with van der Waals surface area (Å²) < 4.78 is 1.79. The van der Waals surface area contributed by atoms with E-state index in [4.69, 9.17) is 5.73 Å². The van der Waals surface area contributed by atoms with E-state index in [-0.39, 0.29) is 36.6 Å². The minimum Gasteiger partial charge on any atom is -0.325 e. The van der Waals surface area contributed by atoms with Crippen LogP contribution < -0.4 is 11.1 Å². The average Bonchev–Trinajstić information content (AvgIpc) is 2.86.